The molecule has 5 heteroatoms. The number of hydrogen-bond donors (Lipinski definition) is 1. The van der Waals surface area contributed by atoms with Crippen molar-refractivity contribution in [2.75, 3.05) is 26.3 Å². The first-order valence-electron chi connectivity index (χ1n) is 8.78. The van der Waals surface area contributed by atoms with E-state index in [0.717, 1.165) is 38.4 Å². The fourth-order valence-corrected chi connectivity index (χ4v) is 2.81. The molecule has 1 aliphatic heterocycles. The van der Waals surface area contributed by atoms with Crippen molar-refractivity contribution in [3.05, 3.63) is 77.1 Å². The van der Waals surface area contributed by atoms with Crippen LogP contribution in [0, 0.1) is 5.82 Å². The molecule has 0 bridgehead atoms. The molecular formula is C21H23FN2O2. The zero-order valence-electron chi connectivity index (χ0n) is 14.7. The number of carbonyl (C=O) groups excluding carboxylic acids is 1. The fourth-order valence-electron chi connectivity index (χ4n) is 2.81. The molecule has 1 N–H and O–H groups in total. The predicted octanol–water partition coefficient (Wildman–Crippen LogP) is 2.99. The Labute approximate surface area is 153 Å². The number of ether oxygens (including phenoxy) is 1. The van der Waals surface area contributed by atoms with Crippen LogP contribution in [0.25, 0.3) is 6.08 Å². The Bertz CT molecular complexity index is 753. The molecule has 0 spiro atoms. The van der Waals surface area contributed by atoms with Gasteiger partial charge in [0.2, 0.25) is 5.91 Å². The normalized spacial score (nSPS) is 15.3. The molecule has 26 heavy (non-hydrogen) atoms. The van der Waals surface area contributed by atoms with Gasteiger partial charge < -0.3 is 10.1 Å². The third kappa shape index (κ3) is 5.79. The van der Waals surface area contributed by atoms with Crippen LogP contribution in [0.3, 0.4) is 0 Å². The Morgan fingerprint density at radius 1 is 1.12 bits per heavy atom. The molecule has 0 radical (unpaired) electrons. The zero-order chi connectivity index (χ0) is 18.2. The van der Waals surface area contributed by atoms with E-state index in [0.29, 0.717) is 12.1 Å². The number of amides is 1. The van der Waals surface area contributed by atoms with Gasteiger partial charge in [0, 0.05) is 32.3 Å². The van der Waals surface area contributed by atoms with Gasteiger partial charge in [0.15, 0.2) is 0 Å². The van der Waals surface area contributed by atoms with E-state index >= 15 is 0 Å². The second kappa shape index (κ2) is 9.27. The number of halogens is 1. The first-order valence-corrected chi connectivity index (χ1v) is 8.78. The Morgan fingerprint density at radius 3 is 2.58 bits per heavy atom. The van der Waals surface area contributed by atoms with E-state index in [4.69, 9.17) is 4.74 Å². The number of benzene rings is 2. The molecule has 136 valence electrons. The molecule has 4 nitrogen and oxygen atoms in total. The van der Waals surface area contributed by atoms with Crippen molar-refractivity contribution in [2.24, 2.45) is 0 Å². The topological polar surface area (TPSA) is 41.6 Å². The van der Waals surface area contributed by atoms with Crippen molar-refractivity contribution in [2.45, 2.75) is 13.1 Å². The number of hydrogen-bond acceptors (Lipinski definition) is 3. The highest BCUT2D eigenvalue weighted by molar-refractivity contribution is 5.91. The lowest BCUT2D eigenvalue weighted by molar-refractivity contribution is -0.116. The van der Waals surface area contributed by atoms with E-state index in [-0.39, 0.29) is 11.7 Å². The van der Waals surface area contributed by atoms with E-state index < -0.39 is 0 Å². The second-order valence-corrected chi connectivity index (χ2v) is 6.31. The molecule has 1 fully saturated rings. The maximum Gasteiger partial charge on any atom is 0.244 e. The minimum atomic E-state index is -0.315. The summed E-state index contributed by atoms with van der Waals surface area (Å²) in [6.45, 7) is 4.92. The standard InChI is InChI=1S/C21H23FN2O2/c22-20-3-1-2-17(14-20)8-9-21(25)23-15-18-4-6-19(7-5-18)16-24-10-12-26-13-11-24/h1-9,14H,10-13,15-16H2,(H,23,25)/b9-8+. The highest BCUT2D eigenvalue weighted by atomic mass is 19.1. The third-order valence-electron chi connectivity index (χ3n) is 4.28. The average Bonchev–Trinajstić information content (AvgIpc) is 2.67. The molecule has 0 aliphatic carbocycles. The van der Waals surface area contributed by atoms with Gasteiger partial charge in [-0.1, -0.05) is 36.4 Å². The molecule has 1 saturated heterocycles. The van der Waals surface area contributed by atoms with Crippen molar-refractivity contribution in [1.82, 2.24) is 10.2 Å². The van der Waals surface area contributed by atoms with Gasteiger partial charge in [-0.2, -0.15) is 0 Å². The van der Waals surface area contributed by atoms with Crippen LogP contribution in [0.5, 0.6) is 0 Å². The van der Waals surface area contributed by atoms with Crippen molar-refractivity contribution < 1.29 is 13.9 Å². The molecule has 2 aromatic carbocycles. The van der Waals surface area contributed by atoms with Gasteiger partial charge in [-0.05, 0) is 34.9 Å². The van der Waals surface area contributed by atoms with Crippen LogP contribution in [0.4, 0.5) is 4.39 Å². The van der Waals surface area contributed by atoms with Crippen molar-refractivity contribution in [3.8, 4) is 0 Å². The molecule has 0 unspecified atom stereocenters. The molecule has 1 amide bonds. The highest BCUT2D eigenvalue weighted by Crippen LogP contribution is 2.09. The highest BCUT2D eigenvalue weighted by Gasteiger charge is 2.10. The Morgan fingerprint density at radius 2 is 1.85 bits per heavy atom. The first-order chi connectivity index (χ1) is 12.7. The largest absolute Gasteiger partial charge is 0.379 e. The number of morpholine rings is 1. The van der Waals surface area contributed by atoms with Crippen LogP contribution in [-0.2, 0) is 22.6 Å². The van der Waals surface area contributed by atoms with E-state index in [9.17, 15) is 9.18 Å². The smallest absolute Gasteiger partial charge is 0.244 e. The zero-order valence-corrected chi connectivity index (χ0v) is 14.7. The predicted molar refractivity (Wildman–Crippen MR) is 99.8 cm³/mol. The quantitative estimate of drug-likeness (QED) is 0.811. The molecule has 0 aromatic heterocycles. The molecule has 2 aromatic rings. The van der Waals surface area contributed by atoms with Gasteiger partial charge in [-0.3, -0.25) is 9.69 Å². The van der Waals surface area contributed by atoms with Gasteiger partial charge in [0.25, 0.3) is 0 Å². The van der Waals surface area contributed by atoms with Crippen molar-refractivity contribution in [1.29, 1.82) is 0 Å². The fraction of sp³-hybridized carbons (Fsp3) is 0.286. The minimum absolute atomic E-state index is 0.202. The molecule has 3 rings (SSSR count). The van der Waals surface area contributed by atoms with Gasteiger partial charge in [0.1, 0.15) is 5.82 Å². The molecule has 1 heterocycles. The lowest BCUT2D eigenvalue weighted by Crippen LogP contribution is -2.35. The summed E-state index contributed by atoms with van der Waals surface area (Å²) in [6, 6.07) is 14.4. The van der Waals surface area contributed by atoms with Gasteiger partial charge in [-0.15, -0.1) is 0 Å². The summed E-state index contributed by atoms with van der Waals surface area (Å²) in [7, 11) is 0. The lowest BCUT2D eigenvalue weighted by Gasteiger charge is -2.26. The maximum atomic E-state index is 13.1. The maximum absolute atomic E-state index is 13.1. The Kier molecular flexibility index (Phi) is 6.52. The summed E-state index contributed by atoms with van der Waals surface area (Å²) in [5, 5.41) is 2.84. The van der Waals surface area contributed by atoms with Gasteiger partial charge in [-0.25, -0.2) is 4.39 Å². The summed E-state index contributed by atoms with van der Waals surface area (Å²) >= 11 is 0. The van der Waals surface area contributed by atoms with Gasteiger partial charge in [0.05, 0.1) is 13.2 Å². The van der Waals surface area contributed by atoms with Crippen LogP contribution >= 0.6 is 0 Å². The van der Waals surface area contributed by atoms with Crippen LogP contribution in [0.2, 0.25) is 0 Å². The summed E-state index contributed by atoms with van der Waals surface area (Å²) in [6.07, 6.45) is 3.02. The number of rotatable bonds is 6. The van der Waals surface area contributed by atoms with E-state index in [2.05, 4.69) is 22.3 Å². The van der Waals surface area contributed by atoms with Crippen molar-refractivity contribution >= 4 is 12.0 Å². The second-order valence-electron chi connectivity index (χ2n) is 6.31. The average molecular weight is 354 g/mol. The van der Waals surface area contributed by atoms with E-state index in [1.807, 2.05) is 12.1 Å². The SMILES string of the molecule is O=C(/C=C/c1cccc(F)c1)NCc1ccc(CN2CCOCC2)cc1. The summed E-state index contributed by atoms with van der Waals surface area (Å²) < 4.78 is 18.5. The van der Waals surface area contributed by atoms with E-state index in [1.54, 1.807) is 18.2 Å². The van der Waals surface area contributed by atoms with Crippen LogP contribution in [0.1, 0.15) is 16.7 Å². The number of carbonyl (C=O) groups is 1. The minimum Gasteiger partial charge on any atom is -0.379 e. The third-order valence-corrected chi connectivity index (χ3v) is 4.28. The Balaban J connectivity index is 1.45. The molecule has 0 atom stereocenters. The van der Waals surface area contributed by atoms with Crippen LogP contribution in [0.15, 0.2) is 54.6 Å². The Hall–Kier alpha value is -2.50. The lowest BCUT2D eigenvalue weighted by atomic mass is 10.1. The molecule has 1 aliphatic rings. The monoisotopic (exact) mass is 354 g/mol. The van der Waals surface area contributed by atoms with E-state index in [1.165, 1.54) is 23.8 Å². The number of nitrogens with one attached hydrogen (secondary N) is 1. The summed E-state index contributed by atoms with van der Waals surface area (Å²) in [4.78, 5) is 14.3. The molecule has 0 saturated carbocycles. The van der Waals surface area contributed by atoms with Crippen molar-refractivity contribution in [3.63, 3.8) is 0 Å². The van der Waals surface area contributed by atoms with Crippen LogP contribution < -0.4 is 5.32 Å². The summed E-state index contributed by atoms with van der Waals surface area (Å²) in [5.41, 5.74) is 2.96. The van der Waals surface area contributed by atoms with Crippen LogP contribution in [-0.4, -0.2) is 37.1 Å². The summed E-state index contributed by atoms with van der Waals surface area (Å²) in [5.74, 6) is -0.517. The number of nitrogens with zero attached hydrogens (tertiary/aromatic N) is 1. The van der Waals surface area contributed by atoms with Gasteiger partial charge >= 0.3 is 0 Å². The molecular weight excluding hydrogens is 331 g/mol. The first kappa shape index (κ1) is 18.3.